The van der Waals surface area contributed by atoms with Gasteiger partial charge in [0.2, 0.25) is 0 Å². The minimum absolute atomic E-state index is 0.0685. The average Bonchev–Trinajstić information content (AvgIpc) is 3.47. The first kappa shape index (κ1) is 25.7. The number of fused-ring (bicyclic) bond motifs is 1. The van der Waals surface area contributed by atoms with Crippen molar-refractivity contribution in [1.29, 1.82) is 0 Å². The predicted octanol–water partition coefficient (Wildman–Crippen LogP) is 5.08. The molecule has 3 heterocycles. The van der Waals surface area contributed by atoms with Gasteiger partial charge in [-0.15, -0.1) is 10.2 Å². The first-order chi connectivity index (χ1) is 18.2. The quantitative estimate of drug-likeness (QED) is 0.356. The topological polar surface area (TPSA) is 114 Å². The van der Waals surface area contributed by atoms with E-state index in [1.54, 1.807) is 4.68 Å². The molecule has 38 heavy (non-hydrogen) atoms. The zero-order valence-electron chi connectivity index (χ0n) is 22.7. The van der Waals surface area contributed by atoms with Gasteiger partial charge in [0.25, 0.3) is 0 Å². The number of aromatic nitrogens is 6. The van der Waals surface area contributed by atoms with Crippen LogP contribution in [0.2, 0.25) is 0 Å². The molecule has 1 aliphatic rings. The summed E-state index contributed by atoms with van der Waals surface area (Å²) in [6, 6.07) is 8.46. The van der Waals surface area contributed by atoms with Gasteiger partial charge in [0.15, 0.2) is 5.82 Å². The number of carbonyl (C=O) groups excluding carboxylic acids is 1. The molecule has 1 aromatic carbocycles. The summed E-state index contributed by atoms with van der Waals surface area (Å²) in [5.74, 6) is 0.810. The van der Waals surface area contributed by atoms with Gasteiger partial charge in [-0.3, -0.25) is 9.78 Å². The summed E-state index contributed by atoms with van der Waals surface area (Å²) in [7, 11) is 3.96. The number of ether oxygens (including phenoxy) is 1. The number of aromatic amines is 1. The molecule has 2 unspecified atom stereocenters. The molecule has 1 amide bonds. The first-order valence-electron chi connectivity index (χ1n) is 13.2. The number of anilines is 1. The van der Waals surface area contributed by atoms with Crippen molar-refractivity contribution in [3.8, 4) is 22.4 Å². The van der Waals surface area contributed by atoms with Crippen molar-refractivity contribution < 1.29 is 9.53 Å². The molecule has 5 rings (SSSR count). The Morgan fingerprint density at radius 2 is 1.89 bits per heavy atom. The number of aryl methyl sites for hydroxylation is 1. The first-order valence-corrected chi connectivity index (χ1v) is 13.2. The van der Waals surface area contributed by atoms with Crippen LogP contribution in [0.15, 0.2) is 42.9 Å². The molecule has 3 aromatic heterocycles. The van der Waals surface area contributed by atoms with Crippen LogP contribution in [0.5, 0.6) is 0 Å². The van der Waals surface area contributed by atoms with Crippen LogP contribution >= 0.6 is 0 Å². The van der Waals surface area contributed by atoms with Crippen molar-refractivity contribution in [2.75, 3.05) is 11.9 Å². The van der Waals surface area contributed by atoms with Gasteiger partial charge in [0.05, 0.1) is 23.6 Å². The van der Waals surface area contributed by atoms with Crippen LogP contribution in [0.4, 0.5) is 10.6 Å². The second-order valence-corrected chi connectivity index (χ2v) is 11.1. The second-order valence-electron chi connectivity index (χ2n) is 11.1. The Kier molecular flexibility index (Phi) is 7.05. The highest BCUT2D eigenvalue weighted by atomic mass is 16.6. The fourth-order valence-electron chi connectivity index (χ4n) is 5.20. The Morgan fingerprint density at radius 1 is 1.11 bits per heavy atom. The molecule has 0 aliphatic heterocycles. The highest BCUT2D eigenvalue weighted by Gasteiger charge is 2.27. The molecule has 1 saturated carbocycles. The van der Waals surface area contributed by atoms with Crippen LogP contribution in [0.25, 0.3) is 33.3 Å². The molecule has 10 nitrogen and oxygen atoms in total. The lowest BCUT2D eigenvalue weighted by atomic mass is 10.00. The van der Waals surface area contributed by atoms with E-state index in [-0.39, 0.29) is 18.2 Å². The third kappa shape index (κ3) is 5.64. The molecule has 1 fully saturated rings. The molecule has 2 N–H and O–H groups in total. The summed E-state index contributed by atoms with van der Waals surface area (Å²) in [5.41, 5.74) is 4.24. The van der Waals surface area contributed by atoms with E-state index in [2.05, 4.69) is 54.9 Å². The van der Waals surface area contributed by atoms with Gasteiger partial charge in [0, 0.05) is 48.9 Å². The van der Waals surface area contributed by atoms with E-state index in [1.807, 2.05) is 58.5 Å². The standard InChI is InChI=1S/C28H36N8O2/c1-28(2,3)38-27(37)31-19-8-6-7-9-20(14-19)36(5)25-13-12-24(32-33-25)22-11-10-21(18-15-30-35(4)17-18)23-16-29-34-26(22)23/h10-13,15-17,19-20H,6-9,14H2,1-5H3,(H,29,34)(H,31,37). The third-order valence-corrected chi connectivity index (χ3v) is 7.08. The molecule has 1 aliphatic carbocycles. The number of nitrogens with one attached hydrogen (secondary N) is 2. The molecule has 0 radical (unpaired) electrons. The molecule has 0 spiro atoms. The SMILES string of the molecule is CN(c1ccc(-c2ccc(-c3cnn(C)c3)c3cn[nH]c23)nn1)C1CCCCC(NC(=O)OC(C)(C)C)C1. The second kappa shape index (κ2) is 10.4. The summed E-state index contributed by atoms with van der Waals surface area (Å²) < 4.78 is 7.27. The van der Waals surface area contributed by atoms with Gasteiger partial charge in [-0.2, -0.15) is 10.2 Å². The van der Waals surface area contributed by atoms with Crippen LogP contribution in [-0.4, -0.2) is 61.0 Å². The monoisotopic (exact) mass is 516 g/mol. The number of carbonyl (C=O) groups is 1. The van der Waals surface area contributed by atoms with Crippen LogP contribution in [0, 0.1) is 0 Å². The largest absolute Gasteiger partial charge is 0.444 e. The van der Waals surface area contributed by atoms with E-state index in [4.69, 9.17) is 4.74 Å². The Labute approximate surface area is 222 Å². The van der Waals surface area contributed by atoms with Gasteiger partial charge in [-0.05, 0) is 63.8 Å². The Hall–Kier alpha value is -3.95. The van der Waals surface area contributed by atoms with Crippen molar-refractivity contribution in [3.05, 3.63) is 42.9 Å². The van der Waals surface area contributed by atoms with Crippen LogP contribution in [0.3, 0.4) is 0 Å². The van der Waals surface area contributed by atoms with Crippen molar-refractivity contribution in [2.45, 2.75) is 70.6 Å². The van der Waals surface area contributed by atoms with Crippen molar-refractivity contribution >= 4 is 22.8 Å². The average molecular weight is 517 g/mol. The van der Waals surface area contributed by atoms with E-state index in [1.165, 1.54) is 0 Å². The van der Waals surface area contributed by atoms with Crippen LogP contribution in [-0.2, 0) is 11.8 Å². The van der Waals surface area contributed by atoms with Gasteiger partial charge < -0.3 is 15.0 Å². The van der Waals surface area contributed by atoms with Crippen LogP contribution in [0.1, 0.15) is 52.9 Å². The fourth-order valence-corrected chi connectivity index (χ4v) is 5.20. The van der Waals surface area contributed by atoms with Crippen molar-refractivity contribution in [3.63, 3.8) is 0 Å². The molecule has 10 heteroatoms. The summed E-state index contributed by atoms with van der Waals surface area (Å²) in [5, 5.41) is 25.0. The summed E-state index contributed by atoms with van der Waals surface area (Å²) >= 11 is 0. The fraction of sp³-hybridized carbons (Fsp3) is 0.464. The summed E-state index contributed by atoms with van der Waals surface area (Å²) in [4.78, 5) is 14.5. The molecular formula is C28H36N8O2. The number of hydrogen-bond donors (Lipinski definition) is 2. The Balaban J connectivity index is 1.32. The molecule has 0 saturated heterocycles. The zero-order chi connectivity index (χ0) is 26.9. The van der Waals surface area contributed by atoms with E-state index >= 15 is 0 Å². The van der Waals surface area contributed by atoms with E-state index < -0.39 is 5.60 Å². The summed E-state index contributed by atoms with van der Waals surface area (Å²) in [6.45, 7) is 5.64. The minimum Gasteiger partial charge on any atom is -0.444 e. The van der Waals surface area contributed by atoms with E-state index in [0.717, 1.165) is 71.2 Å². The normalized spacial score (nSPS) is 18.2. The minimum atomic E-state index is -0.511. The van der Waals surface area contributed by atoms with Gasteiger partial charge in [-0.25, -0.2) is 4.79 Å². The summed E-state index contributed by atoms with van der Waals surface area (Å²) in [6.07, 6.45) is 10.3. The predicted molar refractivity (Wildman–Crippen MR) is 148 cm³/mol. The molecular weight excluding hydrogens is 480 g/mol. The number of nitrogens with zero attached hydrogens (tertiary/aromatic N) is 6. The van der Waals surface area contributed by atoms with Gasteiger partial charge >= 0.3 is 6.09 Å². The van der Waals surface area contributed by atoms with Crippen LogP contribution < -0.4 is 10.2 Å². The number of rotatable bonds is 5. The van der Waals surface area contributed by atoms with E-state index in [0.29, 0.717) is 0 Å². The van der Waals surface area contributed by atoms with Crippen molar-refractivity contribution in [2.24, 2.45) is 7.05 Å². The molecule has 200 valence electrons. The number of benzene rings is 1. The number of alkyl carbamates (subject to hydrolysis) is 1. The maximum atomic E-state index is 12.4. The Morgan fingerprint density at radius 3 is 2.61 bits per heavy atom. The lowest BCUT2D eigenvalue weighted by Crippen LogP contribution is -2.43. The zero-order valence-corrected chi connectivity index (χ0v) is 22.7. The maximum Gasteiger partial charge on any atom is 0.407 e. The lowest BCUT2D eigenvalue weighted by Gasteiger charge is -2.30. The van der Waals surface area contributed by atoms with E-state index in [9.17, 15) is 4.79 Å². The molecule has 2 atom stereocenters. The Bertz CT molecular complexity index is 1400. The number of H-pyrrole nitrogens is 1. The smallest absolute Gasteiger partial charge is 0.407 e. The highest BCUT2D eigenvalue weighted by molar-refractivity contribution is 6.01. The van der Waals surface area contributed by atoms with Gasteiger partial charge in [-0.1, -0.05) is 18.9 Å². The van der Waals surface area contributed by atoms with Gasteiger partial charge in [0.1, 0.15) is 5.60 Å². The third-order valence-electron chi connectivity index (χ3n) is 7.08. The van der Waals surface area contributed by atoms with Crippen molar-refractivity contribution in [1.82, 2.24) is 35.5 Å². The number of amides is 1. The molecule has 4 aromatic rings. The lowest BCUT2D eigenvalue weighted by molar-refractivity contribution is 0.0498. The molecule has 0 bridgehead atoms. The maximum absolute atomic E-state index is 12.4. The number of hydrogen-bond acceptors (Lipinski definition) is 7. The highest BCUT2D eigenvalue weighted by Crippen LogP contribution is 2.34.